The Balaban J connectivity index is 1.28. The molecule has 5 aromatic rings. The van der Waals surface area contributed by atoms with Gasteiger partial charge in [-0.3, -0.25) is 18.7 Å². The molecule has 3 heterocycles. The van der Waals surface area contributed by atoms with Crippen LogP contribution in [0.25, 0.3) is 16.6 Å². The highest BCUT2D eigenvalue weighted by Gasteiger charge is 2.18. The molecule has 0 saturated heterocycles. The van der Waals surface area contributed by atoms with Crippen molar-refractivity contribution >= 4 is 28.2 Å². The molecule has 0 atom stereocenters. The van der Waals surface area contributed by atoms with Crippen LogP contribution in [0.5, 0.6) is 0 Å². The summed E-state index contributed by atoms with van der Waals surface area (Å²) in [7, 11) is 0. The maximum Gasteiger partial charge on any atom is 0.272 e. The first-order valence-electron chi connectivity index (χ1n) is 10.9. The van der Waals surface area contributed by atoms with Gasteiger partial charge in [0.25, 0.3) is 5.91 Å². The Labute approximate surface area is 194 Å². The van der Waals surface area contributed by atoms with Crippen molar-refractivity contribution in [2.45, 2.75) is 19.4 Å². The normalized spacial score (nSPS) is 11.2. The number of pyridine rings is 1. The number of carbonyl (C=O) groups excluding carboxylic acids is 2. The van der Waals surface area contributed by atoms with Crippen LogP contribution in [0.1, 0.15) is 33.1 Å². The number of aromatic nitrogens is 5. The number of carbonyl (C=O) groups is 2. The van der Waals surface area contributed by atoms with E-state index in [9.17, 15) is 14.0 Å². The third-order valence-electron chi connectivity index (χ3n) is 5.61. The third kappa shape index (κ3) is 4.27. The number of ketones is 1. The second-order valence-electron chi connectivity index (χ2n) is 7.82. The molecule has 0 spiro atoms. The molecule has 0 radical (unpaired) electrons. The van der Waals surface area contributed by atoms with E-state index in [1.165, 1.54) is 24.3 Å². The number of halogens is 1. The average molecular weight is 456 g/mol. The Kier molecular flexibility index (Phi) is 5.82. The van der Waals surface area contributed by atoms with Crippen LogP contribution in [0.2, 0.25) is 0 Å². The molecule has 1 N–H and O–H groups in total. The predicted octanol–water partition coefficient (Wildman–Crippen LogP) is 3.46. The predicted molar refractivity (Wildman–Crippen MR) is 124 cm³/mol. The van der Waals surface area contributed by atoms with Crippen LogP contribution in [0.3, 0.4) is 0 Å². The molecular weight excluding hydrogens is 435 g/mol. The fraction of sp³-hybridized carbons (Fsp3) is 0.160. The second kappa shape index (κ2) is 9.22. The minimum Gasteiger partial charge on any atom is -0.350 e. The van der Waals surface area contributed by atoms with Crippen LogP contribution in [0, 0.1) is 5.82 Å². The molecule has 0 aliphatic heterocycles. The van der Waals surface area contributed by atoms with Crippen molar-refractivity contribution < 1.29 is 14.0 Å². The quantitative estimate of drug-likeness (QED) is 0.361. The van der Waals surface area contributed by atoms with Crippen molar-refractivity contribution in [1.29, 1.82) is 0 Å². The smallest absolute Gasteiger partial charge is 0.272 e. The molecule has 0 unspecified atom stereocenters. The summed E-state index contributed by atoms with van der Waals surface area (Å²) in [6.07, 6.45) is 2.58. The maximum atomic E-state index is 13.1. The van der Waals surface area contributed by atoms with Crippen LogP contribution < -0.4 is 5.32 Å². The van der Waals surface area contributed by atoms with Gasteiger partial charge in [0.2, 0.25) is 0 Å². The first kappa shape index (κ1) is 21.4. The molecule has 2 aromatic carbocycles. The molecular formula is C25H21FN6O2. The lowest BCUT2D eigenvalue weighted by Gasteiger charge is -2.04. The Morgan fingerprint density at radius 2 is 1.74 bits per heavy atom. The van der Waals surface area contributed by atoms with Crippen LogP contribution in [-0.4, -0.2) is 42.6 Å². The molecule has 9 heteroatoms. The molecule has 8 nitrogen and oxygen atoms in total. The van der Waals surface area contributed by atoms with Crippen LogP contribution in [-0.2, 0) is 13.0 Å². The van der Waals surface area contributed by atoms with Gasteiger partial charge in [0, 0.05) is 43.1 Å². The van der Waals surface area contributed by atoms with Crippen molar-refractivity contribution in [2.75, 3.05) is 6.54 Å². The van der Waals surface area contributed by atoms with Gasteiger partial charge in [-0.15, -0.1) is 10.2 Å². The molecule has 0 aliphatic carbocycles. The molecule has 0 fully saturated rings. The van der Waals surface area contributed by atoms with E-state index in [1.807, 2.05) is 53.1 Å². The zero-order valence-electron chi connectivity index (χ0n) is 18.2. The summed E-state index contributed by atoms with van der Waals surface area (Å²) in [5.74, 6) is -0.0483. The Hall–Kier alpha value is -4.40. The van der Waals surface area contributed by atoms with E-state index in [1.54, 1.807) is 4.68 Å². The summed E-state index contributed by atoms with van der Waals surface area (Å²) in [4.78, 5) is 25.4. The van der Waals surface area contributed by atoms with Gasteiger partial charge in [-0.05, 0) is 42.5 Å². The molecule has 0 saturated carbocycles. The summed E-state index contributed by atoms with van der Waals surface area (Å²) in [6, 6.07) is 18.5. The number of aryl methyl sites for hydroxylation is 1. The summed E-state index contributed by atoms with van der Waals surface area (Å²) in [6.45, 7) is 0.675. The number of Topliss-reactive ketones (excluding diaryl/α,β-unsaturated/α-hetero) is 1. The van der Waals surface area contributed by atoms with E-state index in [2.05, 4.69) is 20.6 Å². The van der Waals surface area contributed by atoms with Crippen molar-refractivity contribution in [3.05, 3.63) is 95.8 Å². The molecule has 170 valence electrons. The van der Waals surface area contributed by atoms with Crippen LogP contribution in [0.4, 0.5) is 4.39 Å². The number of rotatable bonds is 8. The average Bonchev–Trinajstić information content (AvgIpc) is 3.45. The Morgan fingerprint density at radius 1 is 0.941 bits per heavy atom. The van der Waals surface area contributed by atoms with Crippen molar-refractivity contribution in [3.8, 4) is 0 Å². The lowest BCUT2D eigenvalue weighted by Crippen LogP contribution is -2.27. The number of nitrogens with zero attached hydrogens (tertiary/aromatic N) is 5. The largest absolute Gasteiger partial charge is 0.350 e. The summed E-state index contributed by atoms with van der Waals surface area (Å²) >= 11 is 0. The Bertz CT molecular complexity index is 1490. The molecule has 3 aromatic heterocycles. The van der Waals surface area contributed by atoms with Gasteiger partial charge in [-0.2, -0.15) is 5.10 Å². The highest BCUT2D eigenvalue weighted by Crippen LogP contribution is 2.19. The third-order valence-corrected chi connectivity index (χ3v) is 5.61. The van der Waals surface area contributed by atoms with E-state index in [4.69, 9.17) is 0 Å². The van der Waals surface area contributed by atoms with Crippen molar-refractivity contribution in [3.63, 3.8) is 0 Å². The van der Waals surface area contributed by atoms with Gasteiger partial charge >= 0.3 is 0 Å². The van der Waals surface area contributed by atoms with E-state index in [0.29, 0.717) is 36.2 Å². The highest BCUT2D eigenvalue weighted by atomic mass is 19.1. The standard InChI is InChI=1S/C25H21FN6O2/c26-18-10-8-17(9-11-18)21(33)13-16-32-20-6-2-1-5-19(20)24(30-32)25(34)27-14-12-23-29-28-22-7-3-4-15-31(22)23/h1-11,15H,12-14,16H2,(H,27,34). The summed E-state index contributed by atoms with van der Waals surface area (Å²) in [5, 5.41) is 16.4. The fourth-order valence-corrected chi connectivity index (χ4v) is 3.89. The molecule has 1 amide bonds. The van der Waals surface area contributed by atoms with E-state index in [-0.39, 0.29) is 23.9 Å². The van der Waals surface area contributed by atoms with E-state index in [0.717, 1.165) is 17.0 Å². The van der Waals surface area contributed by atoms with Crippen molar-refractivity contribution in [2.24, 2.45) is 0 Å². The number of amides is 1. The Morgan fingerprint density at radius 3 is 2.59 bits per heavy atom. The zero-order chi connectivity index (χ0) is 23.5. The number of fused-ring (bicyclic) bond motifs is 2. The number of para-hydroxylation sites is 1. The fourth-order valence-electron chi connectivity index (χ4n) is 3.89. The van der Waals surface area contributed by atoms with Gasteiger partial charge in [0.1, 0.15) is 11.6 Å². The minimum atomic E-state index is -0.387. The van der Waals surface area contributed by atoms with Gasteiger partial charge in [0.05, 0.1) is 5.52 Å². The minimum absolute atomic E-state index is 0.119. The topological polar surface area (TPSA) is 94.2 Å². The van der Waals surface area contributed by atoms with Crippen LogP contribution >= 0.6 is 0 Å². The number of benzene rings is 2. The first-order valence-corrected chi connectivity index (χ1v) is 10.9. The van der Waals surface area contributed by atoms with Crippen LogP contribution in [0.15, 0.2) is 72.9 Å². The SMILES string of the molecule is O=C(CCn1nc(C(=O)NCCc2nnc3ccccn23)c2ccccc21)c1ccc(F)cc1. The lowest BCUT2D eigenvalue weighted by atomic mass is 10.1. The first-order chi connectivity index (χ1) is 16.6. The van der Waals surface area contributed by atoms with Gasteiger partial charge < -0.3 is 5.32 Å². The molecule has 5 rings (SSSR count). The van der Waals surface area contributed by atoms with E-state index < -0.39 is 0 Å². The van der Waals surface area contributed by atoms with Gasteiger partial charge in [-0.25, -0.2) is 4.39 Å². The monoisotopic (exact) mass is 456 g/mol. The maximum absolute atomic E-state index is 13.1. The van der Waals surface area contributed by atoms with E-state index >= 15 is 0 Å². The zero-order valence-corrected chi connectivity index (χ0v) is 18.2. The van der Waals surface area contributed by atoms with Crippen molar-refractivity contribution in [1.82, 2.24) is 29.7 Å². The number of hydrogen-bond acceptors (Lipinski definition) is 5. The van der Waals surface area contributed by atoms with Gasteiger partial charge in [0.15, 0.2) is 17.1 Å². The number of nitrogens with one attached hydrogen (secondary N) is 1. The highest BCUT2D eigenvalue weighted by molar-refractivity contribution is 6.05. The lowest BCUT2D eigenvalue weighted by molar-refractivity contribution is 0.0949. The van der Waals surface area contributed by atoms with Gasteiger partial charge in [-0.1, -0.05) is 24.3 Å². The molecule has 0 aliphatic rings. The molecule has 34 heavy (non-hydrogen) atoms. The second-order valence-corrected chi connectivity index (χ2v) is 7.82. The summed E-state index contributed by atoms with van der Waals surface area (Å²) in [5.41, 5.74) is 2.26. The number of hydrogen-bond donors (Lipinski definition) is 1. The summed E-state index contributed by atoms with van der Waals surface area (Å²) < 4.78 is 16.7. The molecule has 0 bridgehead atoms.